The maximum atomic E-state index is 12.5. The molecule has 1 amide bonds. The van der Waals surface area contributed by atoms with Crippen LogP contribution in [0.2, 0.25) is 0 Å². The van der Waals surface area contributed by atoms with E-state index in [1.807, 2.05) is 19.9 Å². The molecule has 5 heteroatoms. The number of methoxy groups -OCH3 is 1. The van der Waals surface area contributed by atoms with E-state index >= 15 is 0 Å². The fourth-order valence-corrected chi connectivity index (χ4v) is 2.80. The van der Waals surface area contributed by atoms with Gasteiger partial charge in [-0.25, -0.2) is 0 Å². The summed E-state index contributed by atoms with van der Waals surface area (Å²) in [5.41, 5.74) is 0.698. The van der Waals surface area contributed by atoms with Gasteiger partial charge in [0.2, 0.25) is 0 Å². The Morgan fingerprint density at radius 2 is 2.14 bits per heavy atom. The van der Waals surface area contributed by atoms with Crippen LogP contribution in [0, 0.1) is 12.3 Å². The van der Waals surface area contributed by atoms with Crippen LogP contribution in [0.15, 0.2) is 18.2 Å². The Bertz CT molecular complexity index is 569. The summed E-state index contributed by atoms with van der Waals surface area (Å²) in [6.07, 6.45) is 1.04. The van der Waals surface area contributed by atoms with Crippen LogP contribution in [0.3, 0.4) is 0 Å². The maximum absolute atomic E-state index is 12.5. The number of hydrogen-bond acceptors (Lipinski definition) is 3. The smallest absolute Gasteiger partial charge is 0.311 e. The fraction of sp³-hybridized carbons (Fsp3) is 0.500. The van der Waals surface area contributed by atoms with Gasteiger partial charge in [0, 0.05) is 18.7 Å². The minimum Gasteiger partial charge on any atom is -0.496 e. The van der Waals surface area contributed by atoms with Crippen LogP contribution in [0.5, 0.6) is 5.75 Å². The summed E-state index contributed by atoms with van der Waals surface area (Å²) in [6, 6.07) is 5.31. The topological polar surface area (TPSA) is 66.8 Å². The summed E-state index contributed by atoms with van der Waals surface area (Å²) in [4.78, 5) is 25.6. The third-order valence-corrected chi connectivity index (χ3v) is 4.43. The van der Waals surface area contributed by atoms with Crippen LogP contribution >= 0.6 is 0 Å². The monoisotopic (exact) mass is 291 g/mol. The summed E-state index contributed by atoms with van der Waals surface area (Å²) in [5, 5.41) is 9.39. The molecule has 0 radical (unpaired) electrons. The van der Waals surface area contributed by atoms with Crippen molar-refractivity contribution in [1.82, 2.24) is 4.90 Å². The van der Waals surface area contributed by atoms with Crippen molar-refractivity contribution in [2.45, 2.75) is 26.7 Å². The normalized spacial score (nSPS) is 21.4. The number of rotatable bonds is 4. The lowest BCUT2D eigenvalue weighted by Gasteiger charge is -2.23. The van der Waals surface area contributed by atoms with E-state index in [1.165, 1.54) is 0 Å². The highest BCUT2D eigenvalue weighted by Gasteiger charge is 2.44. The molecule has 0 bridgehead atoms. The van der Waals surface area contributed by atoms with Gasteiger partial charge in [-0.05, 0) is 37.5 Å². The van der Waals surface area contributed by atoms with Crippen molar-refractivity contribution in [3.63, 3.8) is 0 Å². The fourth-order valence-electron chi connectivity index (χ4n) is 2.80. The molecule has 0 aliphatic carbocycles. The highest BCUT2D eigenvalue weighted by molar-refractivity contribution is 5.95. The number of hydrogen-bond donors (Lipinski definition) is 1. The standard InChI is InChI=1S/C16H21NO4/c1-4-16(15(19)20)7-8-17(10-16)14(18)12-6-5-11(2)13(9-12)21-3/h5-6,9H,4,7-8,10H2,1-3H3,(H,19,20). The van der Waals surface area contributed by atoms with Crippen molar-refractivity contribution in [3.05, 3.63) is 29.3 Å². The third kappa shape index (κ3) is 2.73. The predicted molar refractivity (Wildman–Crippen MR) is 78.6 cm³/mol. The van der Waals surface area contributed by atoms with Crippen LogP contribution in [-0.4, -0.2) is 42.1 Å². The molecule has 1 heterocycles. The molecule has 1 aromatic rings. The summed E-state index contributed by atoms with van der Waals surface area (Å²) in [6.45, 7) is 4.52. The second-order valence-corrected chi connectivity index (χ2v) is 5.60. The number of likely N-dealkylation sites (tertiary alicyclic amines) is 1. The molecule has 0 aromatic heterocycles. The van der Waals surface area contributed by atoms with Crippen LogP contribution in [0.25, 0.3) is 0 Å². The number of amides is 1. The number of carbonyl (C=O) groups excluding carboxylic acids is 1. The number of benzene rings is 1. The summed E-state index contributed by atoms with van der Waals surface area (Å²) in [7, 11) is 1.57. The number of aryl methyl sites for hydroxylation is 1. The van der Waals surface area contributed by atoms with Gasteiger partial charge in [-0.1, -0.05) is 13.0 Å². The Balaban J connectivity index is 2.20. The van der Waals surface area contributed by atoms with Crippen LogP contribution in [-0.2, 0) is 4.79 Å². The number of carboxylic acids is 1. The molecular formula is C16H21NO4. The van der Waals surface area contributed by atoms with Gasteiger partial charge in [0.05, 0.1) is 12.5 Å². The summed E-state index contributed by atoms with van der Waals surface area (Å²) in [5.74, 6) is -0.285. The Kier molecular flexibility index (Phi) is 4.21. The van der Waals surface area contributed by atoms with Gasteiger partial charge in [-0.2, -0.15) is 0 Å². The molecule has 1 aliphatic heterocycles. The molecule has 21 heavy (non-hydrogen) atoms. The average molecular weight is 291 g/mol. The molecule has 1 fully saturated rings. The SMILES string of the molecule is CCC1(C(=O)O)CCN(C(=O)c2ccc(C)c(OC)c2)C1. The lowest BCUT2D eigenvalue weighted by atomic mass is 9.84. The van der Waals surface area contributed by atoms with Crippen molar-refractivity contribution in [1.29, 1.82) is 0 Å². The Morgan fingerprint density at radius 3 is 2.67 bits per heavy atom. The van der Waals surface area contributed by atoms with Crippen molar-refractivity contribution < 1.29 is 19.4 Å². The second kappa shape index (κ2) is 5.76. The van der Waals surface area contributed by atoms with E-state index in [-0.39, 0.29) is 12.5 Å². The molecule has 2 rings (SSSR count). The van der Waals surface area contributed by atoms with Gasteiger partial charge >= 0.3 is 5.97 Å². The predicted octanol–water partition coefficient (Wildman–Crippen LogP) is 2.33. The Morgan fingerprint density at radius 1 is 1.43 bits per heavy atom. The summed E-state index contributed by atoms with van der Waals surface area (Å²) >= 11 is 0. The zero-order chi connectivity index (χ0) is 15.6. The first-order valence-electron chi connectivity index (χ1n) is 7.11. The first-order chi connectivity index (χ1) is 9.93. The molecule has 0 spiro atoms. The quantitative estimate of drug-likeness (QED) is 0.924. The zero-order valence-electron chi connectivity index (χ0n) is 12.7. The van der Waals surface area contributed by atoms with Gasteiger partial charge < -0.3 is 14.7 Å². The number of ether oxygens (including phenoxy) is 1. The molecule has 1 aliphatic rings. The number of carbonyl (C=O) groups is 2. The molecule has 114 valence electrons. The van der Waals surface area contributed by atoms with E-state index in [1.54, 1.807) is 24.1 Å². The molecular weight excluding hydrogens is 270 g/mol. The van der Waals surface area contributed by atoms with Gasteiger partial charge in [-0.3, -0.25) is 9.59 Å². The first kappa shape index (κ1) is 15.4. The number of aliphatic carboxylic acids is 1. The summed E-state index contributed by atoms with van der Waals surface area (Å²) < 4.78 is 5.23. The molecule has 5 nitrogen and oxygen atoms in total. The maximum Gasteiger partial charge on any atom is 0.311 e. The molecule has 1 atom stereocenters. The second-order valence-electron chi connectivity index (χ2n) is 5.60. The molecule has 1 saturated heterocycles. The van der Waals surface area contributed by atoms with Gasteiger partial charge in [0.25, 0.3) is 5.91 Å². The van der Waals surface area contributed by atoms with E-state index < -0.39 is 11.4 Å². The molecule has 1 N–H and O–H groups in total. The first-order valence-corrected chi connectivity index (χ1v) is 7.11. The minimum absolute atomic E-state index is 0.134. The third-order valence-electron chi connectivity index (χ3n) is 4.43. The molecule has 1 unspecified atom stereocenters. The Hall–Kier alpha value is -2.04. The van der Waals surface area contributed by atoms with Crippen molar-refractivity contribution in [2.75, 3.05) is 20.2 Å². The van der Waals surface area contributed by atoms with Crippen LogP contribution in [0.1, 0.15) is 35.7 Å². The van der Waals surface area contributed by atoms with E-state index in [4.69, 9.17) is 4.74 Å². The number of carboxylic acid groups (broad SMARTS) is 1. The molecule has 1 aromatic carbocycles. The van der Waals surface area contributed by atoms with Crippen LogP contribution in [0.4, 0.5) is 0 Å². The van der Waals surface area contributed by atoms with Crippen molar-refractivity contribution >= 4 is 11.9 Å². The van der Waals surface area contributed by atoms with Crippen LogP contribution < -0.4 is 4.74 Å². The van der Waals surface area contributed by atoms with E-state index in [2.05, 4.69) is 0 Å². The van der Waals surface area contributed by atoms with E-state index in [9.17, 15) is 14.7 Å². The lowest BCUT2D eigenvalue weighted by molar-refractivity contribution is -0.148. The van der Waals surface area contributed by atoms with Gasteiger partial charge in [0.1, 0.15) is 5.75 Å². The van der Waals surface area contributed by atoms with E-state index in [0.717, 1.165) is 5.56 Å². The van der Waals surface area contributed by atoms with Gasteiger partial charge in [-0.15, -0.1) is 0 Å². The highest BCUT2D eigenvalue weighted by Crippen LogP contribution is 2.35. The zero-order valence-corrected chi connectivity index (χ0v) is 12.7. The van der Waals surface area contributed by atoms with Crippen molar-refractivity contribution in [2.24, 2.45) is 5.41 Å². The Labute approximate surface area is 124 Å². The molecule has 0 saturated carbocycles. The van der Waals surface area contributed by atoms with Gasteiger partial charge in [0.15, 0.2) is 0 Å². The largest absolute Gasteiger partial charge is 0.496 e. The highest BCUT2D eigenvalue weighted by atomic mass is 16.5. The minimum atomic E-state index is -0.818. The van der Waals surface area contributed by atoms with Crippen molar-refractivity contribution in [3.8, 4) is 5.75 Å². The number of nitrogens with zero attached hydrogens (tertiary/aromatic N) is 1. The van der Waals surface area contributed by atoms with E-state index in [0.29, 0.717) is 30.7 Å². The average Bonchev–Trinajstić information content (AvgIpc) is 2.93. The lowest BCUT2D eigenvalue weighted by Crippen LogP contribution is -2.36.